The summed E-state index contributed by atoms with van der Waals surface area (Å²) < 4.78 is 11.7. The Hall–Kier alpha value is -3.07. The van der Waals surface area contributed by atoms with Crippen molar-refractivity contribution in [3.8, 4) is 17.6 Å². The molecule has 6 heteroatoms. The number of nitrogens with zero attached hydrogens (tertiary/aromatic N) is 3. The Balaban J connectivity index is 1.60. The van der Waals surface area contributed by atoms with E-state index >= 15 is 0 Å². The first-order valence-electron chi connectivity index (χ1n) is 9.71. The number of benzene rings is 1. The lowest BCUT2D eigenvalue weighted by atomic mass is 9.49. The standard InChI is InChI=1S/C23H25N3O3/c1-22(2)20(26-13-17-16(19(26)27)7-6-10-25-17)23(3,4)21(22)29-15-9-8-14(12-24)18(11-15)28-5/h6-11,20-21H,13H2,1-5H3. The van der Waals surface area contributed by atoms with Crippen LogP contribution in [-0.2, 0) is 6.54 Å². The fourth-order valence-electron chi connectivity index (χ4n) is 5.54. The predicted octanol–water partition coefficient (Wildman–Crippen LogP) is 3.80. The van der Waals surface area contributed by atoms with Crippen LogP contribution in [-0.4, -0.2) is 35.0 Å². The molecule has 0 N–H and O–H groups in total. The minimum Gasteiger partial charge on any atom is -0.495 e. The SMILES string of the molecule is COc1cc(OC2C(C)(C)C(N3Cc4ncccc4C3=O)C2(C)C)ccc1C#N. The summed E-state index contributed by atoms with van der Waals surface area (Å²) in [5.41, 5.74) is 1.48. The Kier molecular flexibility index (Phi) is 4.30. The van der Waals surface area contributed by atoms with Crippen molar-refractivity contribution in [3.63, 3.8) is 0 Å². The third-order valence-corrected chi connectivity index (χ3v) is 6.32. The van der Waals surface area contributed by atoms with Gasteiger partial charge in [0.1, 0.15) is 23.7 Å². The van der Waals surface area contributed by atoms with Crippen LogP contribution in [0.2, 0.25) is 0 Å². The van der Waals surface area contributed by atoms with Crippen molar-refractivity contribution in [2.45, 2.75) is 46.4 Å². The molecule has 1 fully saturated rings. The molecule has 0 atom stereocenters. The van der Waals surface area contributed by atoms with E-state index in [-0.39, 0.29) is 28.9 Å². The third kappa shape index (κ3) is 2.76. The number of amides is 1. The average molecular weight is 391 g/mol. The van der Waals surface area contributed by atoms with Crippen LogP contribution in [0.4, 0.5) is 0 Å². The van der Waals surface area contributed by atoms with Gasteiger partial charge >= 0.3 is 0 Å². The van der Waals surface area contributed by atoms with Gasteiger partial charge in [-0.1, -0.05) is 27.7 Å². The van der Waals surface area contributed by atoms with Gasteiger partial charge in [0.2, 0.25) is 0 Å². The summed E-state index contributed by atoms with van der Waals surface area (Å²) in [6, 6.07) is 11.0. The van der Waals surface area contributed by atoms with Crippen LogP contribution in [0.25, 0.3) is 0 Å². The van der Waals surface area contributed by atoms with Crippen LogP contribution >= 0.6 is 0 Å². The molecule has 0 spiro atoms. The van der Waals surface area contributed by atoms with Crippen LogP contribution in [0.5, 0.6) is 11.5 Å². The molecule has 0 unspecified atom stereocenters. The van der Waals surface area contributed by atoms with Crippen LogP contribution in [0.3, 0.4) is 0 Å². The lowest BCUT2D eigenvalue weighted by Gasteiger charge is -2.65. The van der Waals surface area contributed by atoms with Crippen molar-refractivity contribution in [3.05, 3.63) is 53.3 Å². The topological polar surface area (TPSA) is 75.5 Å². The Morgan fingerprint density at radius 3 is 2.55 bits per heavy atom. The molecule has 2 heterocycles. The van der Waals surface area contributed by atoms with E-state index in [9.17, 15) is 10.1 Å². The molecular formula is C23H25N3O3. The van der Waals surface area contributed by atoms with Gasteiger partial charge in [0, 0.05) is 29.1 Å². The lowest BCUT2D eigenvalue weighted by molar-refractivity contribution is -0.199. The highest BCUT2D eigenvalue weighted by Gasteiger charge is 2.67. The number of aromatic nitrogens is 1. The number of hydrogen-bond donors (Lipinski definition) is 0. The molecule has 1 saturated carbocycles. The van der Waals surface area contributed by atoms with E-state index in [0.717, 1.165) is 5.69 Å². The van der Waals surface area contributed by atoms with Gasteiger partial charge in [0.05, 0.1) is 30.5 Å². The fourth-order valence-corrected chi connectivity index (χ4v) is 5.54. The molecule has 1 aromatic heterocycles. The number of ether oxygens (including phenoxy) is 2. The summed E-state index contributed by atoms with van der Waals surface area (Å²) in [5.74, 6) is 1.19. The second-order valence-corrected chi connectivity index (χ2v) is 8.95. The molecule has 1 aliphatic heterocycles. The third-order valence-electron chi connectivity index (χ3n) is 6.32. The van der Waals surface area contributed by atoms with Gasteiger partial charge in [-0.3, -0.25) is 9.78 Å². The number of pyridine rings is 1. The summed E-state index contributed by atoms with van der Waals surface area (Å²) in [6.45, 7) is 9.08. The van der Waals surface area contributed by atoms with Crippen LogP contribution in [0, 0.1) is 22.2 Å². The number of nitriles is 1. The van der Waals surface area contributed by atoms with E-state index in [1.807, 2.05) is 17.0 Å². The Morgan fingerprint density at radius 2 is 1.93 bits per heavy atom. The molecule has 1 amide bonds. The maximum Gasteiger partial charge on any atom is 0.256 e. The van der Waals surface area contributed by atoms with E-state index < -0.39 is 0 Å². The van der Waals surface area contributed by atoms with E-state index in [2.05, 4.69) is 38.7 Å². The smallest absolute Gasteiger partial charge is 0.256 e. The molecule has 0 radical (unpaired) electrons. The zero-order valence-corrected chi connectivity index (χ0v) is 17.4. The summed E-state index contributed by atoms with van der Waals surface area (Å²) in [7, 11) is 1.54. The van der Waals surface area contributed by atoms with Crippen LogP contribution in [0.1, 0.15) is 49.3 Å². The van der Waals surface area contributed by atoms with Crippen molar-refractivity contribution < 1.29 is 14.3 Å². The molecule has 6 nitrogen and oxygen atoms in total. The van der Waals surface area contributed by atoms with Gasteiger partial charge < -0.3 is 14.4 Å². The van der Waals surface area contributed by atoms with Crippen LogP contribution < -0.4 is 9.47 Å². The first-order valence-corrected chi connectivity index (χ1v) is 9.71. The maximum atomic E-state index is 13.0. The number of rotatable bonds is 4. The van der Waals surface area contributed by atoms with Crippen molar-refractivity contribution in [2.75, 3.05) is 7.11 Å². The summed E-state index contributed by atoms with van der Waals surface area (Å²) >= 11 is 0. The molecule has 2 aliphatic rings. The van der Waals surface area contributed by atoms with Crippen molar-refractivity contribution in [1.82, 2.24) is 9.88 Å². The molecule has 0 saturated heterocycles. The largest absolute Gasteiger partial charge is 0.495 e. The number of hydrogen-bond acceptors (Lipinski definition) is 5. The van der Waals surface area contributed by atoms with E-state index in [1.165, 1.54) is 7.11 Å². The van der Waals surface area contributed by atoms with Crippen LogP contribution in [0.15, 0.2) is 36.5 Å². The molecule has 1 aromatic carbocycles. The van der Waals surface area contributed by atoms with Gasteiger partial charge in [-0.2, -0.15) is 5.26 Å². The van der Waals surface area contributed by atoms with E-state index in [0.29, 0.717) is 29.2 Å². The summed E-state index contributed by atoms with van der Waals surface area (Å²) in [4.78, 5) is 19.3. The molecule has 150 valence electrons. The van der Waals surface area contributed by atoms with Gasteiger partial charge in [0.15, 0.2) is 0 Å². The number of methoxy groups -OCH3 is 1. The summed E-state index contributed by atoms with van der Waals surface area (Å²) in [5, 5.41) is 9.19. The second kappa shape index (κ2) is 6.48. The molecule has 29 heavy (non-hydrogen) atoms. The Bertz CT molecular complexity index is 1010. The number of fused-ring (bicyclic) bond motifs is 1. The van der Waals surface area contributed by atoms with Crippen molar-refractivity contribution >= 4 is 5.91 Å². The lowest BCUT2D eigenvalue weighted by Crippen LogP contribution is -2.74. The first kappa shape index (κ1) is 19.3. The molecule has 0 bridgehead atoms. The highest BCUT2D eigenvalue weighted by Crippen LogP contribution is 2.59. The quantitative estimate of drug-likeness (QED) is 0.792. The Labute approximate surface area is 171 Å². The Morgan fingerprint density at radius 1 is 1.21 bits per heavy atom. The van der Waals surface area contributed by atoms with E-state index in [4.69, 9.17) is 9.47 Å². The minimum atomic E-state index is -0.262. The average Bonchev–Trinajstić information content (AvgIpc) is 3.01. The minimum absolute atomic E-state index is 0.0157. The molecule has 4 rings (SSSR count). The van der Waals surface area contributed by atoms with Gasteiger partial charge in [-0.05, 0) is 24.3 Å². The zero-order valence-electron chi connectivity index (χ0n) is 17.4. The molecule has 2 aromatic rings. The maximum absolute atomic E-state index is 13.0. The normalized spacial score (nSPS) is 23.7. The monoisotopic (exact) mass is 391 g/mol. The van der Waals surface area contributed by atoms with Crippen molar-refractivity contribution in [1.29, 1.82) is 5.26 Å². The van der Waals surface area contributed by atoms with Crippen molar-refractivity contribution in [2.24, 2.45) is 10.8 Å². The highest BCUT2D eigenvalue weighted by molar-refractivity contribution is 5.98. The summed E-state index contributed by atoms with van der Waals surface area (Å²) in [6.07, 6.45) is 1.62. The van der Waals surface area contributed by atoms with E-state index in [1.54, 1.807) is 24.4 Å². The number of carbonyl (C=O) groups excluding carboxylic acids is 1. The molecular weight excluding hydrogens is 366 g/mol. The van der Waals surface area contributed by atoms with Gasteiger partial charge in [-0.15, -0.1) is 0 Å². The first-order chi connectivity index (χ1) is 13.7. The van der Waals surface area contributed by atoms with Gasteiger partial charge in [0.25, 0.3) is 5.91 Å². The van der Waals surface area contributed by atoms with Gasteiger partial charge in [-0.25, -0.2) is 0 Å². The zero-order chi connectivity index (χ0) is 21.0. The number of carbonyl (C=O) groups is 1. The highest BCUT2D eigenvalue weighted by atomic mass is 16.5. The fraction of sp³-hybridized carbons (Fsp3) is 0.435. The second-order valence-electron chi connectivity index (χ2n) is 8.95. The predicted molar refractivity (Wildman–Crippen MR) is 108 cm³/mol. The molecule has 1 aliphatic carbocycles.